The largest absolute Gasteiger partial charge is 0.389 e. The first kappa shape index (κ1) is 26.6. The molecule has 3 aliphatic heterocycles. The van der Waals surface area contributed by atoms with Gasteiger partial charge < -0.3 is 29.9 Å². The predicted molar refractivity (Wildman–Crippen MR) is 140 cm³/mol. The van der Waals surface area contributed by atoms with E-state index in [2.05, 4.69) is 15.1 Å². The maximum Gasteiger partial charge on any atom is 0.389 e. The lowest BCUT2D eigenvalue weighted by Gasteiger charge is -2.44. The van der Waals surface area contributed by atoms with Gasteiger partial charge in [0.1, 0.15) is 11.6 Å². The number of alkyl halides is 3. The van der Waals surface area contributed by atoms with Crippen LogP contribution in [0.4, 0.5) is 35.3 Å². The van der Waals surface area contributed by atoms with Gasteiger partial charge in [0.2, 0.25) is 0 Å². The number of aromatic nitrogens is 1. The molecule has 2 N–H and O–H groups in total. The maximum absolute atomic E-state index is 12.9. The highest BCUT2D eigenvalue weighted by molar-refractivity contribution is 5.91. The zero-order valence-corrected chi connectivity index (χ0v) is 21.7. The minimum Gasteiger partial charge on any atom is -0.389 e. The fourth-order valence-corrected chi connectivity index (χ4v) is 5.38. The number of likely N-dealkylation sites (tertiary alicyclic amines) is 1. The number of urea groups is 1. The summed E-state index contributed by atoms with van der Waals surface area (Å²) in [4.78, 5) is 23.5. The molecule has 0 spiro atoms. The Morgan fingerprint density at radius 1 is 1.13 bits per heavy atom. The summed E-state index contributed by atoms with van der Waals surface area (Å²) in [6.07, 6.45) is -5.14. The van der Waals surface area contributed by atoms with Crippen molar-refractivity contribution < 1.29 is 27.8 Å². The number of amides is 2. The zero-order chi connectivity index (χ0) is 27.0. The molecule has 2 aromatic rings. The van der Waals surface area contributed by atoms with Crippen LogP contribution in [0, 0.1) is 12.8 Å². The van der Waals surface area contributed by atoms with Gasteiger partial charge in [0, 0.05) is 44.8 Å². The molecular weight excluding hydrogens is 499 g/mol. The molecule has 2 amide bonds. The van der Waals surface area contributed by atoms with E-state index in [1.807, 2.05) is 38.1 Å². The molecule has 11 heteroatoms. The smallest absolute Gasteiger partial charge is 0.389 e. The minimum atomic E-state index is -4.22. The third-order valence-electron chi connectivity index (χ3n) is 7.75. The first-order valence-corrected chi connectivity index (χ1v) is 13.1. The zero-order valence-electron chi connectivity index (χ0n) is 21.7. The highest BCUT2D eigenvalue weighted by Crippen LogP contribution is 2.35. The van der Waals surface area contributed by atoms with Crippen LogP contribution in [0.3, 0.4) is 0 Å². The van der Waals surface area contributed by atoms with Crippen LogP contribution in [-0.2, 0) is 4.74 Å². The summed E-state index contributed by atoms with van der Waals surface area (Å²) < 4.78 is 43.8. The Bertz CT molecular complexity index is 1150. The quantitative estimate of drug-likeness (QED) is 0.598. The third kappa shape index (κ3) is 5.83. The lowest BCUT2D eigenvalue weighted by molar-refractivity contribution is -0.143. The van der Waals surface area contributed by atoms with Gasteiger partial charge in [-0.25, -0.2) is 9.78 Å². The van der Waals surface area contributed by atoms with Crippen LogP contribution in [0.2, 0.25) is 0 Å². The number of morpholine rings is 1. The number of benzene rings is 1. The van der Waals surface area contributed by atoms with Crippen molar-refractivity contribution in [1.82, 2.24) is 9.88 Å². The predicted octanol–water partition coefficient (Wildman–Crippen LogP) is 4.27. The number of hydrogen-bond acceptors (Lipinski definition) is 6. The Morgan fingerprint density at radius 3 is 2.55 bits per heavy atom. The second kappa shape index (κ2) is 10.6. The standard InChI is InChI=1S/C27H34F3N5O3/c1-17-3-4-21(31-26(37)34-6-5-19(15-34)14-27(28,29)30)13-22(17)20-11-24(33-7-9-38-10-8-33)32-25(12-20)35-16-23(36)18(35)2/h3-4,11-13,18-19,23,36H,5-10,14-16H2,1-2H3,(H,31,37)/t18-,19?,23-/m0/s1. The molecule has 5 rings (SSSR count). The highest BCUT2D eigenvalue weighted by atomic mass is 19.4. The van der Waals surface area contributed by atoms with Gasteiger partial charge in [-0.05, 0) is 67.1 Å². The van der Waals surface area contributed by atoms with E-state index < -0.39 is 30.7 Å². The van der Waals surface area contributed by atoms with Gasteiger partial charge in [0.05, 0.1) is 25.4 Å². The summed E-state index contributed by atoms with van der Waals surface area (Å²) in [6.45, 7) is 7.59. The second-order valence-corrected chi connectivity index (χ2v) is 10.5. The number of anilines is 3. The number of rotatable bonds is 5. The third-order valence-corrected chi connectivity index (χ3v) is 7.75. The first-order chi connectivity index (χ1) is 18.1. The molecule has 3 aliphatic rings. The second-order valence-electron chi connectivity index (χ2n) is 10.5. The molecule has 0 aliphatic carbocycles. The number of carbonyl (C=O) groups excluding carboxylic acids is 1. The van der Waals surface area contributed by atoms with Gasteiger partial charge >= 0.3 is 12.2 Å². The van der Waals surface area contributed by atoms with Gasteiger partial charge in [-0.2, -0.15) is 13.2 Å². The lowest BCUT2D eigenvalue weighted by atomic mass is 9.98. The number of ether oxygens (including phenoxy) is 1. The Balaban J connectivity index is 1.38. The van der Waals surface area contributed by atoms with E-state index in [-0.39, 0.29) is 12.6 Å². The average molecular weight is 534 g/mol. The molecule has 3 saturated heterocycles. The molecule has 3 atom stereocenters. The topological polar surface area (TPSA) is 81.2 Å². The van der Waals surface area contributed by atoms with Crippen LogP contribution >= 0.6 is 0 Å². The van der Waals surface area contributed by atoms with Gasteiger partial charge in [0.25, 0.3) is 0 Å². The summed E-state index contributed by atoms with van der Waals surface area (Å²) >= 11 is 0. The number of nitrogens with zero attached hydrogens (tertiary/aromatic N) is 4. The van der Waals surface area contributed by atoms with Crippen molar-refractivity contribution >= 4 is 23.4 Å². The molecule has 0 bridgehead atoms. The summed E-state index contributed by atoms with van der Waals surface area (Å²) in [5.74, 6) is 1.05. The van der Waals surface area contributed by atoms with Crippen molar-refractivity contribution in [3.63, 3.8) is 0 Å². The van der Waals surface area contributed by atoms with Crippen LogP contribution < -0.4 is 15.1 Å². The summed E-state index contributed by atoms with van der Waals surface area (Å²) in [6, 6.07) is 9.23. The number of aliphatic hydroxyl groups is 1. The van der Waals surface area contributed by atoms with E-state index >= 15 is 0 Å². The van der Waals surface area contributed by atoms with Crippen molar-refractivity contribution in [3.8, 4) is 11.1 Å². The molecule has 1 unspecified atom stereocenters. The number of aryl methyl sites for hydroxylation is 1. The van der Waals surface area contributed by atoms with E-state index in [0.717, 1.165) is 41.4 Å². The van der Waals surface area contributed by atoms with E-state index in [0.29, 0.717) is 38.4 Å². The van der Waals surface area contributed by atoms with E-state index in [1.165, 1.54) is 4.90 Å². The fraction of sp³-hybridized carbons (Fsp3) is 0.556. The number of carbonyl (C=O) groups is 1. The molecule has 38 heavy (non-hydrogen) atoms. The minimum absolute atomic E-state index is 0.0383. The monoisotopic (exact) mass is 533 g/mol. The normalized spacial score (nSPS) is 23.9. The Labute approximate surface area is 220 Å². The van der Waals surface area contributed by atoms with Crippen molar-refractivity contribution in [2.45, 2.75) is 45.0 Å². The summed E-state index contributed by atoms with van der Waals surface area (Å²) in [5, 5.41) is 13.0. The highest BCUT2D eigenvalue weighted by Gasteiger charge is 2.37. The summed E-state index contributed by atoms with van der Waals surface area (Å²) in [5.41, 5.74) is 3.45. The van der Waals surface area contributed by atoms with Crippen molar-refractivity contribution in [2.75, 3.05) is 61.1 Å². The molecule has 0 radical (unpaired) electrons. The van der Waals surface area contributed by atoms with Crippen LogP contribution in [0.15, 0.2) is 30.3 Å². The van der Waals surface area contributed by atoms with Gasteiger partial charge in [-0.15, -0.1) is 0 Å². The lowest BCUT2D eigenvalue weighted by Crippen LogP contribution is -2.59. The first-order valence-electron chi connectivity index (χ1n) is 13.1. The van der Waals surface area contributed by atoms with E-state index in [4.69, 9.17) is 9.72 Å². The van der Waals surface area contributed by atoms with Crippen LogP contribution in [0.5, 0.6) is 0 Å². The number of aliphatic hydroxyl groups excluding tert-OH is 1. The Hall–Kier alpha value is -3.05. The van der Waals surface area contributed by atoms with Crippen LogP contribution in [-0.4, -0.2) is 85.3 Å². The van der Waals surface area contributed by atoms with Crippen LogP contribution in [0.1, 0.15) is 25.3 Å². The van der Waals surface area contributed by atoms with E-state index in [1.54, 1.807) is 6.07 Å². The van der Waals surface area contributed by atoms with E-state index in [9.17, 15) is 23.1 Å². The molecule has 206 valence electrons. The summed E-state index contributed by atoms with van der Waals surface area (Å²) in [7, 11) is 0. The number of nitrogens with one attached hydrogen (secondary N) is 1. The van der Waals surface area contributed by atoms with Crippen molar-refractivity contribution in [1.29, 1.82) is 0 Å². The molecule has 1 aromatic carbocycles. The average Bonchev–Trinajstić information content (AvgIpc) is 3.35. The number of pyridine rings is 1. The fourth-order valence-electron chi connectivity index (χ4n) is 5.38. The van der Waals surface area contributed by atoms with Crippen molar-refractivity contribution in [2.24, 2.45) is 5.92 Å². The van der Waals surface area contributed by atoms with Gasteiger partial charge in [-0.3, -0.25) is 0 Å². The van der Waals surface area contributed by atoms with Crippen molar-refractivity contribution in [3.05, 3.63) is 35.9 Å². The number of β-amino-alcohol motifs (C(OH)–C–C–N with tert-alkyl or cyclic N) is 1. The SMILES string of the molecule is Cc1ccc(NC(=O)N2CCC(CC(F)(F)F)C2)cc1-c1cc(N2CCOCC2)nc(N2C[C@H](O)[C@@H]2C)c1. The maximum atomic E-state index is 12.9. The Morgan fingerprint density at radius 2 is 1.87 bits per heavy atom. The van der Waals surface area contributed by atoms with Gasteiger partial charge in [-0.1, -0.05) is 6.07 Å². The van der Waals surface area contributed by atoms with Crippen LogP contribution in [0.25, 0.3) is 11.1 Å². The van der Waals surface area contributed by atoms with Gasteiger partial charge in [0.15, 0.2) is 0 Å². The molecule has 4 heterocycles. The Kier molecular flexibility index (Phi) is 7.41. The molecule has 3 fully saturated rings. The number of halogens is 3. The molecular formula is C27H34F3N5O3. The molecule has 8 nitrogen and oxygen atoms in total. The molecule has 1 aromatic heterocycles. The molecule has 0 saturated carbocycles. The number of hydrogen-bond donors (Lipinski definition) is 2.